The van der Waals surface area contributed by atoms with E-state index >= 15 is 0 Å². The predicted molar refractivity (Wildman–Crippen MR) is 113 cm³/mol. The van der Waals surface area contributed by atoms with E-state index in [4.69, 9.17) is 0 Å². The molecule has 3 aromatic rings. The number of rotatable bonds is 6. The fourth-order valence-electron chi connectivity index (χ4n) is 3.94. The molecule has 8 heteroatoms. The van der Waals surface area contributed by atoms with Crippen molar-refractivity contribution in [3.63, 3.8) is 0 Å². The van der Waals surface area contributed by atoms with Crippen LogP contribution in [0.2, 0.25) is 0 Å². The van der Waals surface area contributed by atoms with Gasteiger partial charge in [0.2, 0.25) is 0 Å². The average Bonchev–Trinajstić information content (AvgIpc) is 3.34. The number of nitrogens with zero attached hydrogens (tertiary/aromatic N) is 3. The summed E-state index contributed by atoms with van der Waals surface area (Å²) in [5.74, 6) is -0.395. The first-order valence-electron chi connectivity index (χ1n) is 9.85. The van der Waals surface area contributed by atoms with Gasteiger partial charge in [0.15, 0.2) is 5.03 Å². The van der Waals surface area contributed by atoms with Crippen LogP contribution in [-0.2, 0) is 23.6 Å². The van der Waals surface area contributed by atoms with Gasteiger partial charge in [0.05, 0.1) is 6.33 Å². The van der Waals surface area contributed by atoms with Crippen molar-refractivity contribution in [2.75, 3.05) is 13.1 Å². The second kappa shape index (κ2) is 8.29. The Hall–Kier alpha value is -2.55. The second-order valence-corrected chi connectivity index (χ2v) is 9.72. The van der Waals surface area contributed by atoms with Crippen LogP contribution in [0.5, 0.6) is 0 Å². The summed E-state index contributed by atoms with van der Waals surface area (Å²) < 4.78 is 42.7. The van der Waals surface area contributed by atoms with Gasteiger partial charge in [0.1, 0.15) is 5.82 Å². The van der Waals surface area contributed by atoms with Crippen LogP contribution >= 0.6 is 0 Å². The molecule has 1 saturated heterocycles. The highest BCUT2D eigenvalue weighted by molar-refractivity contribution is 7.89. The summed E-state index contributed by atoms with van der Waals surface area (Å²) in [5.41, 5.74) is 3.23. The molecule has 1 fully saturated rings. The van der Waals surface area contributed by atoms with E-state index in [1.54, 1.807) is 23.7 Å². The molecule has 0 bridgehead atoms. The molecule has 0 amide bonds. The number of hydrogen-bond donors (Lipinski definition) is 1. The zero-order chi connectivity index (χ0) is 21.3. The van der Waals surface area contributed by atoms with Gasteiger partial charge < -0.3 is 9.88 Å². The molecule has 30 heavy (non-hydrogen) atoms. The van der Waals surface area contributed by atoms with Gasteiger partial charge in [-0.15, -0.1) is 0 Å². The van der Waals surface area contributed by atoms with E-state index in [0.29, 0.717) is 19.6 Å². The van der Waals surface area contributed by atoms with Crippen molar-refractivity contribution in [1.29, 1.82) is 0 Å². The molecule has 1 aliphatic heterocycles. The van der Waals surface area contributed by atoms with E-state index in [-0.39, 0.29) is 22.8 Å². The van der Waals surface area contributed by atoms with Crippen molar-refractivity contribution < 1.29 is 12.8 Å². The van der Waals surface area contributed by atoms with E-state index in [2.05, 4.69) is 16.4 Å². The summed E-state index contributed by atoms with van der Waals surface area (Å²) in [5, 5.41) is 3.57. The molecule has 0 spiro atoms. The quantitative estimate of drug-likeness (QED) is 0.656. The van der Waals surface area contributed by atoms with Crippen molar-refractivity contribution in [1.82, 2.24) is 19.2 Å². The standard InChI is InChI=1S/C22H25FN4O2S/c1-16-4-3-5-17(10-16)11-24-21-13-27(30(28,29)22-14-26(2)15-25-22)12-20(21)18-6-8-19(23)9-7-18/h3-10,14-15,20-21,24H,11-13H2,1-2H3. The van der Waals surface area contributed by atoms with Crippen molar-refractivity contribution in [3.05, 3.63) is 83.6 Å². The van der Waals surface area contributed by atoms with Gasteiger partial charge in [-0.1, -0.05) is 42.0 Å². The zero-order valence-electron chi connectivity index (χ0n) is 17.0. The van der Waals surface area contributed by atoms with Gasteiger partial charge in [0.25, 0.3) is 10.0 Å². The summed E-state index contributed by atoms with van der Waals surface area (Å²) in [6, 6.07) is 14.4. The molecular weight excluding hydrogens is 403 g/mol. The molecule has 2 heterocycles. The Morgan fingerprint density at radius 3 is 2.60 bits per heavy atom. The third-order valence-electron chi connectivity index (χ3n) is 5.52. The van der Waals surface area contributed by atoms with E-state index in [1.165, 1.54) is 34.5 Å². The molecule has 1 aromatic heterocycles. The Kier molecular flexibility index (Phi) is 5.73. The normalized spacial score (nSPS) is 20.0. The first-order valence-corrected chi connectivity index (χ1v) is 11.3. The lowest BCUT2D eigenvalue weighted by Crippen LogP contribution is -2.36. The molecule has 6 nitrogen and oxygen atoms in total. The van der Waals surface area contributed by atoms with Crippen molar-refractivity contribution in [2.45, 2.75) is 30.5 Å². The van der Waals surface area contributed by atoms with Crippen molar-refractivity contribution >= 4 is 10.0 Å². The largest absolute Gasteiger partial charge is 0.339 e. The molecule has 4 rings (SSSR count). The number of nitrogens with one attached hydrogen (secondary N) is 1. The van der Waals surface area contributed by atoms with Gasteiger partial charge in [-0.2, -0.15) is 4.31 Å². The molecule has 1 N–H and O–H groups in total. The van der Waals surface area contributed by atoms with Crippen LogP contribution in [0.15, 0.2) is 66.1 Å². The Morgan fingerprint density at radius 2 is 1.93 bits per heavy atom. The number of imidazole rings is 1. The second-order valence-electron chi connectivity index (χ2n) is 7.83. The number of sulfonamides is 1. The van der Waals surface area contributed by atoms with Gasteiger partial charge in [-0.05, 0) is 30.2 Å². The Morgan fingerprint density at radius 1 is 1.17 bits per heavy atom. The Bertz CT molecular complexity index is 1130. The summed E-state index contributed by atoms with van der Waals surface area (Å²) in [7, 11) is -1.96. The summed E-state index contributed by atoms with van der Waals surface area (Å²) in [4.78, 5) is 4.03. The van der Waals surface area contributed by atoms with Crippen LogP contribution in [0.1, 0.15) is 22.6 Å². The minimum Gasteiger partial charge on any atom is -0.339 e. The van der Waals surface area contributed by atoms with Crippen LogP contribution in [0, 0.1) is 12.7 Å². The zero-order valence-corrected chi connectivity index (χ0v) is 17.8. The lowest BCUT2D eigenvalue weighted by atomic mass is 9.94. The molecule has 0 aliphatic carbocycles. The molecular formula is C22H25FN4O2S. The minimum atomic E-state index is -3.70. The molecule has 158 valence electrons. The monoisotopic (exact) mass is 428 g/mol. The molecule has 0 saturated carbocycles. The maximum atomic E-state index is 13.4. The number of aromatic nitrogens is 2. The number of hydrogen-bond acceptors (Lipinski definition) is 4. The number of halogens is 1. The van der Waals surface area contributed by atoms with Crippen LogP contribution < -0.4 is 5.32 Å². The lowest BCUT2D eigenvalue weighted by Gasteiger charge is -2.20. The van der Waals surface area contributed by atoms with E-state index in [0.717, 1.165) is 11.1 Å². The first kappa shape index (κ1) is 20.7. The molecule has 2 atom stereocenters. The van der Waals surface area contributed by atoms with Gasteiger partial charge in [-0.3, -0.25) is 0 Å². The van der Waals surface area contributed by atoms with Crippen LogP contribution in [0.3, 0.4) is 0 Å². The highest BCUT2D eigenvalue weighted by atomic mass is 32.2. The van der Waals surface area contributed by atoms with Crippen molar-refractivity contribution in [2.24, 2.45) is 7.05 Å². The Labute approximate surface area is 176 Å². The predicted octanol–water partition coefficient (Wildman–Crippen LogP) is 2.81. The summed E-state index contributed by atoms with van der Waals surface area (Å²) >= 11 is 0. The summed E-state index contributed by atoms with van der Waals surface area (Å²) in [6.45, 7) is 3.31. The average molecular weight is 429 g/mol. The topological polar surface area (TPSA) is 67.2 Å². The molecule has 2 aromatic carbocycles. The fourth-order valence-corrected chi connectivity index (χ4v) is 5.40. The maximum absolute atomic E-state index is 13.4. The fraction of sp³-hybridized carbons (Fsp3) is 0.318. The van der Waals surface area contributed by atoms with Crippen molar-refractivity contribution in [3.8, 4) is 0 Å². The minimum absolute atomic E-state index is 0.0437. The van der Waals surface area contributed by atoms with Crippen LogP contribution in [0.25, 0.3) is 0 Å². The third-order valence-corrected chi connectivity index (χ3v) is 7.24. The van der Waals surface area contributed by atoms with Gasteiger partial charge in [-0.25, -0.2) is 17.8 Å². The maximum Gasteiger partial charge on any atom is 0.262 e. The van der Waals surface area contributed by atoms with E-state index in [9.17, 15) is 12.8 Å². The third kappa shape index (κ3) is 4.30. The molecule has 1 aliphatic rings. The highest BCUT2D eigenvalue weighted by Crippen LogP contribution is 2.31. The van der Waals surface area contributed by atoms with Gasteiger partial charge >= 0.3 is 0 Å². The smallest absolute Gasteiger partial charge is 0.262 e. The molecule has 0 radical (unpaired) electrons. The van der Waals surface area contributed by atoms with Gasteiger partial charge in [0, 0.05) is 44.8 Å². The van der Waals surface area contributed by atoms with E-state index < -0.39 is 10.0 Å². The van der Waals surface area contributed by atoms with E-state index in [1.807, 2.05) is 25.1 Å². The van der Waals surface area contributed by atoms with Crippen LogP contribution in [-0.4, -0.2) is 41.4 Å². The number of aryl methyl sites for hydroxylation is 2. The number of benzene rings is 2. The lowest BCUT2D eigenvalue weighted by molar-refractivity contribution is 0.454. The highest BCUT2D eigenvalue weighted by Gasteiger charge is 2.40. The summed E-state index contributed by atoms with van der Waals surface area (Å²) in [6.07, 6.45) is 2.99. The molecule has 2 unspecified atom stereocenters. The Balaban J connectivity index is 1.59. The first-order chi connectivity index (χ1) is 14.3. The SMILES string of the molecule is Cc1cccc(CNC2CN(S(=O)(=O)c3cn(C)cn3)CC2c2ccc(F)cc2)c1. The van der Waals surface area contributed by atoms with Crippen LogP contribution in [0.4, 0.5) is 4.39 Å².